The van der Waals surface area contributed by atoms with Crippen LogP contribution in [0.25, 0.3) is 0 Å². The highest BCUT2D eigenvalue weighted by Crippen LogP contribution is 2.31. The third kappa shape index (κ3) is 4.40. The van der Waals surface area contributed by atoms with Gasteiger partial charge in [-0.1, -0.05) is 12.1 Å². The standard InChI is InChI=1S/C19H21FN2O3S/c1-26(24,25)22-12-2-3-15-13-17(9-10-18(15)22)21-19(23)11-6-14-4-7-16(20)8-5-14/h4-5,7-10,13H,2-3,6,11-12H2,1H3,(H,21,23). The molecule has 5 nitrogen and oxygen atoms in total. The molecule has 3 rings (SSSR count). The fourth-order valence-electron chi connectivity index (χ4n) is 3.12. The molecule has 0 saturated carbocycles. The van der Waals surface area contributed by atoms with E-state index in [4.69, 9.17) is 0 Å². The summed E-state index contributed by atoms with van der Waals surface area (Å²) in [5.74, 6) is -0.430. The van der Waals surface area contributed by atoms with Crippen molar-refractivity contribution in [3.63, 3.8) is 0 Å². The first-order chi connectivity index (χ1) is 12.3. The summed E-state index contributed by atoms with van der Waals surface area (Å²) in [6.45, 7) is 0.481. The summed E-state index contributed by atoms with van der Waals surface area (Å²) in [7, 11) is -3.30. The summed E-state index contributed by atoms with van der Waals surface area (Å²) in [6.07, 6.45) is 3.55. The van der Waals surface area contributed by atoms with Crippen molar-refractivity contribution in [1.29, 1.82) is 0 Å². The average Bonchev–Trinajstić information content (AvgIpc) is 2.60. The molecule has 1 heterocycles. The molecule has 1 aliphatic heterocycles. The molecule has 1 amide bonds. The lowest BCUT2D eigenvalue weighted by Crippen LogP contribution is -2.34. The van der Waals surface area contributed by atoms with E-state index in [1.54, 1.807) is 24.3 Å². The average molecular weight is 376 g/mol. The zero-order chi connectivity index (χ0) is 18.7. The third-order valence-corrected chi connectivity index (χ3v) is 5.57. The Hall–Kier alpha value is -2.41. The molecule has 0 aliphatic carbocycles. The minimum absolute atomic E-state index is 0.134. The van der Waals surface area contributed by atoms with Crippen molar-refractivity contribution < 1.29 is 17.6 Å². The third-order valence-electron chi connectivity index (χ3n) is 4.39. The van der Waals surface area contributed by atoms with Gasteiger partial charge in [0.15, 0.2) is 0 Å². The molecule has 0 saturated heterocycles. The van der Waals surface area contributed by atoms with Crippen LogP contribution in [0.5, 0.6) is 0 Å². The van der Waals surface area contributed by atoms with Crippen LogP contribution in [0.15, 0.2) is 42.5 Å². The summed E-state index contributed by atoms with van der Waals surface area (Å²) < 4.78 is 38.1. The smallest absolute Gasteiger partial charge is 0.232 e. The number of nitrogens with zero attached hydrogens (tertiary/aromatic N) is 1. The number of sulfonamides is 1. The Kier molecular flexibility index (Phi) is 5.27. The number of anilines is 2. The van der Waals surface area contributed by atoms with Crippen molar-refractivity contribution in [2.45, 2.75) is 25.7 Å². The van der Waals surface area contributed by atoms with Gasteiger partial charge in [0, 0.05) is 18.7 Å². The molecule has 0 spiro atoms. The van der Waals surface area contributed by atoms with Gasteiger partial charge in [-0.05, 0) is 60.7 Å². The number of benzene rings is 2. The van der Waals surface area contributed by atoms with E-state index in [1.165, 1.54) is 22.7 Å². The Morgan fingerprint density at radius 2 is 1.92 bits per heavy atom. The minimum atomic E-state index is -3.30. The van der Waals surface area contributed by atoms with E-state index in [0.29, 0.717) is 24.3 Å². The lowest BCUT2D eigenvalue weighted by molar-refractivity contribution is -0.116. The second kappa shape index (κ2) is 7.45. The first-order valence-electron chi connectivity index (χ1n) is 8.48. The molecule has 1 N–H and O–H groups in total. The maximum Gasteiger partial charge on any atom is 0.232 e. The van der Waals surface area contributed by atoms with Crippen LogP contribution < -0.4 is 9.62 Å². The maximum absolute atomic E-state index is 12.9. The van der Waals surface area contributed by atoms with Crippen molar-refractivity contribution in [3.05, 3.63) is 59.4 Å². The fraction of sp³-hybridized carbons (Fsp3) is 0.316. The molecule has 0 unspecified atom stereocenters. The molecule has 0 fully saturated rings. The van der Waals surface area contributed by atoms with Crippen molar-refractivity contribution in [3.8, 4) is 0 Å². The Balaban J connectivity index is 1.65. The van der Waals surface area contributed by atoms with Gasteiger partial charge in [-0.25, -0.2) is 12.8 Å². The summed E-state index contributed by atoms with van der Waals surface area (Å²) in [5.41, 5.74) is 3.15. The number of fused-ring (bicyclic) bond motifs is 1. The largest absolute Gasteiger partial charge is 0.326 e. The van der Waals surface area contributed by atoms with Crippen molar-refractivity contribution >= 4 is 27.3 Å². The van der Waals surface area contributed by atoms with E-state index in [0.717, 1.165) is 24.0 Å². The first-order valence-corrected chi connectivity index (χ1v) is 10.3. The Bertz CT molecular complexity index is 911. The van der Waals surface area contributed by atoms with Crippen LogP contribution >= 0.6 is 0 Å². The van der Waals surface area contributed by atoms with Gasteiger partial charge < -0.3 is 5.32 Å². The van der Waals surface area contributed by atoms with Crippen LogP contribution in [-0.4, -0.2) is 27.1 Å². The molecule has 0 radical (unpaired) electrons. The molecule has 0 atom stereocenters. The Labute approximate surface area is 152 Å². The Morgan fingerprint density at radius 1 is 1.19 bits per heavy atom. The second-order valence-electron chi connectivity index (χ2n) is 6.46. The van der Waals surface area contributed by atoms with Gasteiger partial charge in [0.2, 0.25) is 15.9 Å². The second-order valence-corrected chi connectivity index (χ2v) is 8.36. The van der Waals surface area contributed by atoms with Gasteiger partial charge in [-0.3, -0.25) is 9.10 Å². The molecule has 2 aromatic carbocycles. The van der Waals surface area contributed by atoms with E-state index in [-0.39, 0.29) is 18.1 Å². The Morgan fingerprint density at radius 3 is 2.62 bits per heavy atom. The zero-order valence-corrected chi connectivity index (χ0v) is 15.4. The first kappa shape index (κ1) is 18.4. The zero-order valence-electron chi connectivity index (χ0n) is 14.5. The van der Waals surface area contributed by atoms with Gasteiger partial charge in [0.25, 0.3) is 0 Å². The highest BCUT2D eigenvalue weighted by Gasteiger charge is 2.24. The van der Waals surface area contributed by atoms with Crippen LogP contribution in [0.4, 0.5) is 15.8 Å². The molecule has 26 heavy (non-hydrogen) atoms. The van der Waals surface area contributed by atoms with E-state index in [2.05, 4.69) is 5.32 Å². The number of hydrogen-bond donors (Lipinski definition) is 1. The van der Waals surface area contributed by atoms with Crippen LogP contribution in [-0.2, 0) is 27.7 Å². The van der Waals surface area contributed by atoms with Crippen LogP contribution in [0.1, 0.15) is 24.0 Å². The maximum atomic E-state index is 12.9. The number of aryl methyl sites for hydroxylation is 2. The van der Waals surface area contributed by atoms with E-state index >= 15 is 0 Å². The summed E-state index contributed by atoms with van der Waals surface area (Å²) in [6, 6.07) is 11.4. The van der Waals surface area contributed by atoms with Gasteiger partial charge in [0.1, 0.15) is 5.82 Å². The number of rotatable bonds is 5. The van der Waals surface area contributed by atoms with Crippen molar-refractivity contribution in [2.75, 3.05) is 22.4 Å². The van der Waals surface area contributed by atoms with Gasteiger partial charge in [-0.2, -0.15) is 0 Å². The topological polar surface area (TPSA) is 66.5 Å². The normalized spacial score (nSPS) is 14.0. The lowest BCUT2D eigenvalue weighted by Gasteiger charge is -2.29. The fourth-order valence-corrected chi connectivity index (χ4v) is 4.11. The van der Waals surface area contributed by atoms with E-state index in [1.807, 2.05) is 6.07 Å². The molecule has 2 aromatic rings. The molecule has 1 aliphatic rings. The van der Waals surface area contributed by atoms with Crippen LogP contribution in [0.2, 0.25) is 0 Å². The van der Waals surface area contributed by atoms with Gasteiger partial charge >= 0.3 is 0 Å². The van der Waals surface area contributed by atoms with Gasteiger partial charge in [0.05, 0.1) is 11.9 Å². The molecular formula is C19H21FN2O3S. The number of carbonyl (C=O) groups excluding carboxylic acids is 1. The summed E-state index contributed by atoms with van der Waals surface area (Å²) >= 11 is 0. The quantitative estimate of drug-likeness (QED) is 0.872. The number of nitrogens with one attached hydrogen (secondary N) is 1. The lowest BCUT2D eigenvalue weighted by atomic mass is 10.0. The summed E-state index contributed by atoms with van der Waals surface area (Å²) in [5, 5.41) is 2.85. The minimum Gasteiger partial charge on any atom is -0.326 e. The monoisotopic (exact) mass is 376 g/mol. The molecule has 138 valence electrons. The number of carbonyl (C=O) groups is 1. The van der Waals surface area contributed by atoms with Crippen LogP contribution in [0.3, 0.4) is 0 Å². The molecule has 0 aromatic heterocycles. The summed E-state index contributed by atoms with van der Waals surface area (Å²) in [4.78, 5) is 12.2. The van der Waals surface area contributed by atoms with E-state index < -0.39 is 10.0 Å². The predicted molar refractivity (Wildman–Crippen MR) is 100 cm³/mol. The number of amides is 1. The van der Waals surface area contributed by atoms with Gasteiger partial charge in [-0.15, -0.1) is 0 Å². The molecule has 7 heteroatoms. The van der Waals surface area contributed by atoms with Crippen LogP contribution in [0, 0.1) is 5.82 Å². The SMILES string of the molecule is CS(=O)(=O)N1CCCc2cc(NC(=O)CCc3ccc(F)cc3)ccc21. The molecular weight excluding hydrogens is 355 g/mol. The van der Waals surface area contributed by atoms with Crippen molar-refractivity contribution in [2.24, 2.45) is 0 Å². The molecule has 0 bridgehead atoms. The van der Waals surface area contributed by atoms with Crippen molar-refractivity contribution in [1.82, 2.24) is 0 Å². The highest BCUT2D eigenvalue weighted by molar-refractivity contribution is 7.92. The number of halogens is 1. The predicted octanol–water partition coefficient (Wildman–Crippen LogP) is 3.11. The highest BCUT2D eigenvalue weighted by atomic mass is 32.2. The number of hydrogen-bond acceptors (Lipinski definition) is 3. The van der Waals surface area contributed by atoms with E-state index in [9.17, 15) is 17.6 Å².